The lowest BCUT2D eigenvalue weighted by Crippen LogP contribution is -2.28. The summed E-state index contributed by atoms with van der Waals surface area (Å²) in [7, 11) is 0. The Hall–Kier alpha value is -2.66. The molecule has 0 radical (unpaired) electrons. The second kappa shape index (κ2) is 6.25. The molecule has 26 heavy (non-hydrogen) atoms. The predicted octanol–water partition coefficient (Wildman–Crippen LogP) is 3.54. The Morgan fingerprint density at radius 3 is 2.73 bits per heavy atom. The van der Waals surface area contributed by atoms with E-state index in [1.807, 2.05) is 22.8 Å². The Morgan fingerprint density at radius 2 is 1.88 bits per heavy atom. The van der Waals surface area contributed by atoms with Crippen molar-refractivity contribution < 1.29 is 5.11 Å². The molecule has 1 aromatic carbocycles. The zero-order valence-corrected chi connectivity index (χ0v) is 14.6. The van der Waals surface area contributed by atoms with Crippen LogP contribution in [0.5, 0.6) is 0 Å². The van der Waals surface area contributed by atoms with Gasteiger partial charge in [0, 0.05) is 12.5 Å². The molecule has 5 heteroatoms. The van der Waals surface area contributed by atoms with Crippen LogP contribution in [0.4, 0.5) is 5.82 Å². The summed E-state index contributed by atoms with van der Waals surface area (Å²) in [5.41, 5.74) is 5.81. The van der Waals surface area contributed by atoms with E-state index in [2.05, 4.69) is 40.6 Å². The van der Waals surface area contributed by atoms with Gasteiger partial charge in [0.1, 0.15) is 5.82 Å². The molecule has 1 saturated carbocycles. The number of nitrogens with zero attached hydrogens (tertiary/aromatic N) is 3. The Balaban J connectivity index is 1.43. The minimum atomic E-state index is -0.139. The van der Waals surface area contributed by atoms with Crippen LogP contribution in [0.15, 0.2) is 42.6 Å². The van der Waals surface area contributed by atoms with Crippen LogP contribution in [0.1, 0.15) is 42.5 Å². The average molecular weight is 346 g/mol. The molecule has 5 rings (SSSR count). The fourth-order valence-electron chi connectivity index (χ4n) is 4.04. The van der Waals surface area contributed by atoms with Crippen LogP contribution in [-0.4, -0.2) is 31.9 Å². The van der Waals surface area contributed by atoms with Crippen molar-refractivity contribution in [3.8, 4) is 0 Å². The second-order valence-corrected chi connectivity index (χ2v) is 7.33. The lowest BCUT2D eigenvalue weighted by molar-refractivity contribution is 0.126. The molecular formula is C21H22N4O. The van der Waals surface area contributed by atoms with Gasteiger partial charge in [-0.15, -0.1) is 5.10 Å². The zero-order valence-electron chi connectivity index (χ0n) is 14.6. The van der Waals surface area contributed by atoms with E-state index in [0.717, 1.165) is 49.3 Å². The van der Waals surface area contributed by atoms with E-state index in [0.29, 0.717) is 6.04 Å². The molecule has 0 aliphatic heterocycles. The van der Waals surface area contributed by atoms with E-state index < -0.39 is 0 Å². The molecule has 0 atom stereocenters. The van der Waals surface area contributed by atoms with Crippen molar-refractivity contribution in [2.24, 2.45) is 0 Å². The Morgan fingerprint density at radius 1 is 1.04 bits per heavy atom. The third-order valence-corrected chi connectivity index (χ3v) is 5.51. The van der Waals surface area contributed by atoms with E-state index in [-0.39, 0.29) is 6.10 Å². The fourth-order valence-corrected chi connectivity index (χ4v) is 4.04. The smallest absolute Gasteiger partial charge is 0.154 e. The number of fused-ring (bicyclic) bond motifs is 2. The van der Waals surface area contributed by atoms with Crippen molar-refractivity contribution in [1.82, 2.24) is 14.6 Å². The van der Waals surface area contributed by atoms with Crippen molar-refractivity contribution in [1.29, 1.82) is 0 Å². The number of imidazole rings is 1. The number of aliphatic hydroxyl groups is 1. The maximum atomic E-state index is 9.68. The maximum Gasteiger partial charge on any atom is 0.154 e. The second-order valence-electron chi connectivity index (χ2n) is 7.33. The highest BCUT2D eigenvalue weighted by molar-refractivity contribution is 5.87. The van der Waals surface area contributed by atoms with E-state index in [4.69, 9.17) is 5.10 Å². The number of anilines is 1. The van der Waals surface area contributed by atoms with Gasteiger partial charge in [-0.2, -0.15) is 0 Å². The molecule has 1 fully saturated rings. The number of benzene rings is 1. The number of allylic oxidation sites excluding steroid dienone is 1. The topological polar surface area (TPSA) is 62.5 Å². The average Bonchev–Trinajstić information content (AvgIpc) is 3.26. The van der Waals surface area contributed by atoms with Crippen molar-refractivity contribution in [3.05, 3.63) is 59.4 Å². The van der Waals surface area contributed by atoms with Gasteiger partial charge in [-0.3, -0.25) is 0 Å². The molecule has 0 unspecified atom stereocenters. The molecule has 2 N–H and O–H groups in total. The summed E-state index contributed by atoms with van der Waals surface area (Å²) in [5.74, 6) is 0.870. The minimum Gasteiger partial charge on any atom is -0.393 e. The van der Waals surface area contributed by atoms with Crippen LogP contribution < -0.4 is 5.32 Å². The lowest BCUT2D eigenvalue weighted by atomic mass is 9.93. The number of nitrogens with one attached hydrogen (secondary N) is 1. The maximum absolute atomic E-state index is 9.68. The predicted molar refractivity (Wildman–Crippen MR) is 103 cm³/mol. The van der Waals surface area contributed by atoms with Gasteiger partial charge in [0.05, 0.1) is 18.0 Å². The molecule has 0 bridgehead atoms. The Labute approximate surface area is 152 Å². The third-order valence-electron chi connectivity index (χ3n) is 5.51. The summed E-state index contributed by atoms with van der Waals surface area (Å²) in [4.78, 5) is 4.52. The van der Waals surface area contributed by atoms with Gasteiger partial charge in [-0.1, -0.05) is 24.3 Å². The first-order valence-corrected chi connectivity index (χ1v) is 9.34. The largest absolute Gasteiger partial charge is 0.393 e. The number of aromatic nitrogens is 3. The summed E-state index contributed by atoms with van der Waals surface area (Å²) in [6, 6.07) is 12.9. The fraction of sp³-hybridized carbons (Fsp3) is 0.333. The molecule has 2 aliphatic carbocycles. The highest BCUT2D eigenvalue weighted by Gasteiger charge is 2.20. The first-order chi connectivity index (χ1) is 12.8. The highest BCUT2D eigenvalue weighted by Crippen LogP contribution is 2.31. The summed E-state index contributed by atoms with van der Waals surface area (Å²) in [5, 5.41) is 18.0. The van der Waals surface area contributed by atoms with Crippen molar-refractivity contribution in [3.63, 3.8) is 0 Å². The molecule has 5 nitrogen and oxygen atoms in total. The standard InChI is InChI=1S/C21H22N4O/c26-18-7-5-17(6-8-18)23-20-9-10-21-22-13-19(25(21)24-20)16-11-14-3-1-2-4-15(14)12-16/h1-4,9-11,13,17-18,26H,5-8,12H2,(H,23,24)/t17-,18-. The molecule has 0 spiro atoms. The van der Waals surface area contributed by atoms with Crippen molar-refractivity contribution in [2.45, 2.75) is 44.2 Å². The van der Waals surface area contributed by atoms with Crippen LogP contribution in [0.2, 0.25) is 0 Å². The number of rotatable bonds is 3. The summed E-state index contributed by atoms with van der Waals surface area (Å²) in [6.07, 6.45) is 8.63. The van der Waals surface area contributed by atoms with E-state index in [1.165, 1.54) is 16.7 Å². The molecule has 0 amide bonds. The van der Waals surface area contributed by atoms with Crippen LogP contribution in [0.3, 0.4) is 0 Å². The third kappa shape index (κ3) is 2.78. The van der Waals surface area contributed by atoms with Crippen molar-refractivity contribution >= 4 is 23.1 Å². The molecule has 132 valence electrons. The number of hydrogen-bond acceptors (Lipinski definition) is 4. The van der Waals surface area contributed by atoms with E-state index in [9.17, 15) is 5.11 Å². The van der Waals surface area contributed by atoms with Gasteiger partial charge in [0.25, 0.3) is 0 Å². The Kier molecular flexibility index (Phi) is 3.75. The molecular weight excluding hydrogens is 324 g/mol. The quantitative estimate of drug-likeness (QED) is 0.761. The van der Waals surface area contributed by atoms with Gasteiger partial charge in [-0.05, 0) is 60.6 Å². The van der Waals surface area contributed by atoms with Gasteiger partial charge in [0.2, 0.25) is 0 Å². The lowest BCUT2D eigenvalue weighted by Gasteiger charge is -2.26. The van der Waals surface area contributed by atoms with Crippen LogP contribution in [0, 0.1) is 0 Å². The van der Waals surface area contributed by atoms with Gasteiger partial charge in [-0.25, -0.2) is 9.50 Å². The van der Waals surface area contributed by atoms with Crippen LogP contribution in [0.25, 0.3) is 17.3 Å². The molecule has 2 heterocycles. The first kappa shape index (κ1) is 15.6. The van der Waals surface area contributed by atoms with Gasteiger partial charge in [0.15, 0.2) is 5.65 Å². The molecule has 3 aromatic rings. The number of hydrogen-bond donors (Lipinski definition) is 2. The minimum absolute atomic E-state index is 0.139. The van der Waals surface area contributed by atoms with Crippen LogP contribution in [-0.2, 0) is 6.42 Å². The Bertz CT molecular complexity index is 983. The molecule has 2 aliphatic rings. The zero-order chi connectivity index (χ0) is 17.5. The first-order valence-electron chi connectivity index (χ1n) is 9.34. The summed E-state index contributed by atoms with van der Waals surface area (Å²) < 4.78 is 1.94. The van der Waals surface area contributed by atoms with E-state index >= 15 is 0 Å². The van der Waals surface area contributed by atoms with Gasteiger partial charge >= 0.3 is 0 Å². The van der Waals surface area contributed by atoms with Gasteiger partial charge < -0.3 is 10.4 Å². The van der Waals surface area contributed by atoms with E-state index in [1.54, 1.807) is 0 Å². The van der Waals surface area contributed by atoms with Crippen molar-refractivity contribution in [2.75, 3.05) is 5.32 Å². The molecule has 0 saturated heterocycles. The highest BCUT2D eigenvalue weighted by atomic mass is 16.3. The monoisotopic (exact) mass is 346 g/mol. The summed E-state index contributed by atoms with van der Waals surface area (Å²) >= 11 is 0. The number of aliphatic hydroxyl groups excluding tert-OH is 1. The normalized spacial score (nSPS) is 22.3. The molecule has 2 aromatic heterocycles. The van der Waals surface area contributed by atoms with Crippen LogP contribution >= 0.6 is 0 Å². The summed E-state index contributed by atoms with van der Waals surface area (Å²) in [6.45, 7) is 0. The SMILES string of the molecule is O[C@H]1CC[C@H](Nc2ccc3ncc(C4=Cc5ccccc5C4)n3n2)CC1.